The van der Waals surface area contributed by atoms with Crippen molar-refractivity contribution < 1.29 is 13.2 Å². The molecule has 12 heavy (non-hydrogen) atoms. The Morgan fingerprint density at radius 2 is 2.08 bits per heavy atom. The van der Waals surface area contributed by atoms with E-state index in [1.807, 2.05) is 6.92 Å². The van der Waals surface area contributed by atoms with E-state index in [0.717, 1.165) is 6.42 Å². The van der Waals surface area contributed by atoms with Crippen molar-refractivity contribution in [2.75, 3.05) is 13.1 Å². The molecule has 0 unspecified atom stereocenters. The van der Waals surface area contributed by atoms with E-state index in [0.29, 0.717) is 6.54 Å². The molecule has 0 atom stereocenters. The lowest BCUT2D eigenvalue weighted by Crippen LogP contribution is -2.33. The predicted molar refractivity (Wildman–Crippen MR) is 40.8 cm³/mol. The summed E-state index contributed by atoms with van der Waals surface area (Å²) in [5, 5.41) is 2.53. The number of halogens is 3. The summed E-state index contributed by atoms with van der Waals surface area (Å²) in [5.41, 5.74) is 5.11. The molecule has 72 valence electrons. The van der Waals surface area contributed by atoms with Crippen LogP contribution in [0.2, 0.25) is 0 Å². The summed E-state index contributed by atoms with van der Waals surface area (Å²) in [7, 11) is 0. The highest BCUT2D eigenvalue weighted by Gasteiger charge is 2.26. The SMILES string of the molecule is CCCNC(N)=NCC(F)(F)F. The molecule has 0 rings (SSSR count). The van der Waals surface area contributed by atoms with Crippen molar-refractivity contribution >= 4 is 5.96 Å². The Kier molecular flexibility index (Phi) is 4.46. The van der Waals surface area contributed by atoms with E-state index in [4.69, 9.17) is 5.73 Å². The molecule has 0 aromatic carbocycles. The molecule has 0 saturated carbocycles. The van der Waals surface area contributed by atoms with E-state index >= 15 is 0 Å². The number of alkyl halides is 3. The van der Waals surface area contributed by atoms with E-state index in [-0.39, 0.29) is 5.96 Å². The Morgan fingerprint density at radius 1 is 1.50 bits per heavy atom. The highest BCUT2D eigenvalue weighted by molar-refractivity contribution is 5.77. The molecule has 0 spiro atoms. The zero-order valence-electron chi connectivity index (χ0n) is 6.78. The molecule has 0 aliphatic carbocycles. The van der Waals surface area contributed by atoms with E-state index in [1.165, 1.54) is 0 Å². The van der Waals surface area contributed by atoms with Crippen LogP contribution in [0.5, 0.6) is 0 Å². The Hall–Kier alpha value is -0.940. The molecule has 0 aromatic rings. The minimum atomic E-state index is -4.28. The molecule has 0 radical (unpaired) electrons. The van der Waals surface area contributed by atoms with Crippen LogP contribution in [0.1, 0.15) is 13.3 Å². The fourth-order valence-electron chi connectivity index (χ4n) is 0.484. The molecule has 3 N–H and O–H groups in total. The van der Waals surface area contributed by atoms with Gasteiger partial charge in [0.2, 0.25) is 0 Å². The molecule has 0 fully saturated rings. The van der Waals surface area contributed by atoms with Gasteiger partial charge in [-0.2, -0.15) is 13.2 Å². The minimum absolute atomic E-state index is 0.158. The summed E-state index contributed by atoms with van der Waals surface area (Å²) in [6.45, 7) is 1.19. The number of rotatable bonds is 3. The highest BCUT2D eigenvalue weighted by Crippen LogP contribution is 2.13. The fraction of sp³-hybridized carbons (Fsp3) is 0.833. The first kappa shape index (κ1) is 11.1. The third-order valence-corrected chi connectivity index (χ3v) is 0.985. The Labute approximate surface area is 68.8 Å². The molecule has 3 nitrogen and oxygen atoms in total. The number of nitrogens with zero attached hydrogens (tertiary/aromatic N) is 1. The van der Waals surface area contributed by atoms with Crippen molar-refractivity contribution in [2.24, 2.45) is 10.7 Å². The van der Waals surface area contributed by atoms with Gasteiger partial charge in [-0.3, -0.25) is 0 Å². The van der Waals surface area contributed by atoms with Crippen molar-refractivity contribution in [3.63, 3.8) is 0 Å². The van der Waals surface area contributed by atoms with E-state index in [1.54, 1.807) is 0 Å². The maximum atomic E-state index is 11.5. The first-order chi connectivity index (χ1) is 5.45. The van der Waals surface area contributed by atoms with Crippen LogP contribution in [-0.2, 0) is 0 Å². The smallest absolute Gasteiger partial charge is 0.370 e. The first-order valence-corrected chi connectivity index (χ1v) is 3.56. The van der Waals surface area contributed by atoms with Crippen LogP contribution in [0.15, 0.2) is 4.99 Å². The Bertz CT molecular complexity index is 153. The average Bonchev–Trinajstić information content (AvgIpc) is 1.95. The Morgan fingerprint density at radius 3 is 2.50 bits per heavy atom. The maximum Gasteiger partial charge on any atom is 0.408 e. The van der Waals surface area contributed by atoms with Crippen molar-refractivity contribution in [3.05, 3.63) is 0 Å². The number of hydrogen-bond donors (Lipinski definition) is 2. The topological polar surface area (TPSA) is 50.4 Å². The summed E-state index contributed by atoms with van der Waals surface area (Å²) < 4.78 is 34.6. The molecule has 6 heteroatoms. The number of hydrogen-bond acceptors (Lipinski definition) is 1. The monoisotopic (exact) mass is 183 g/mol. The zero-order valence-corrected chi connectivity index (χ0v) is 6.78. The fourth-order valence-corrected chi connectivity index (χ4v) is 0.484. The highest BCUT2D eigenvalue weighted by atomic mass is 19.4. The normalized spacial score (nSPS) is 13.2. The van der Waals surface area contributed by atoms with Gasteiger partial charge in [-0.15, -0.1) is 0 Å². The van der Waals surface area contributed by atoms with Crippen molar-refractivity contribution in [3.8, 4) is 0 Å². The average molecular weight is 183 g/mol. The lowest BCUT2D eigenvalue weighted by molar-refractivity contribution is -0.118. The minimum Gasteiger partial charge on any atom is -0.370 e. The second-order valence-electron chi connectivity index (χ2n) is 2.24. The molecule has 0 aromatic heterocycles. The Balaban J connectivity index is 3.69. The third kappa shape index (κ3) is 7.17. The van der Waals surface area contributed by atoms with Gasteiger partial charge in [0.25, 0.3) is 0 Å². The number of aliphatic imine (C=N–C) groups is 1. The maximum absolute atomic E-state index is 11.5. The lowest BCUT2D eigenvalue weighted by atomic mass is 10.5. The van der Waals surface area contributed by atoms with Gasteiger partial charge in [-0.1, -0.05) is 6.92 Å². The third-order valence-electron chi connectivity index (χ3n) is 0.985. The van der Waals surface area contributed by atoms with Gasteiger partial charge in [-0.05, 0) is 6.42 Å². The van der Waals surface area contributed by atoms with E-state index < -0.39 is 12.7 Å². The van der Waals surface area contributed by atoms with Gasteiger partial charge in [0.05, 0.1) is 0 Å². The second kappa shape index (κ2) is 4.84. The summed E-state index contributed by atoms with van der Waals surface area (Å²) in [6.07, 6.45) is -3.49. The van der Waals surface area contributed by atoms with Crippen LogP contribution in [0.3, 0.4) is 0 Å². The van der Waals surface area contributed by atoms with Gasteiger partial charge >= 0.3 is 6.18 Å². The summed E-state index contributed by atoms with van der Waals surface area (Å²) in [6, 6.07) is 0. The van der Waals surface area contributed by atoms with Crippen LogP contribution in [0, 0.1) is 0 Å². The molecule has 0 aliphatic rings. The molecule has 0 saturated heterocycles. The zero-order chi connectivity index (χ0) is 9.61. The van der Waals surface area contributed by atoms with Gasteiger partial charge in [0.1, 0.15) is 6.54 Å². The van der Waals surface area contributed by atoms with E-state index in [9.17, 15) is 13.2 Å². The molecule has 0 aliphatic heterocycles. The van der Waals surface area contributed by atoms with Crippen molar-refractivity contribution in [1.82, 2.24) is 5.32 Å². The lowest BCUT2D eigenvalue weighted by Gasteiger charge is -2.04. The number of nitrogens with one attached hydrogen (secondary N) is 1. The first-order valence-electron chi connectivity index (χ1n) is 3.56. The van der Waals surface area contributed by atoms with Crippen molar-refractivity contribution in [1.29, 1.82) is 0 Å². The van der Waals surface area contributed by atoms with Crippen LogP contribution in [0.25, 0.3) is 0 Å². The van der Waals surface area contributed by atoms with Crippen LogP contribution < -0.4 is 11.1 Å². The number of nitrogens with two attached hydrogens (primary N) is 1. The molecular weight excluding hydrogens is 171 g/mol. The quantitative estimate of drug-likeness (QED) is 0.503. The summed E-state index contributed by atoms with van der Waals surface area (Å²) in [4.78, 5) is 3.09. The van der Waals surface area contributed by atoms with Gasteiger partial charge in [0, 0.05) is 6.54 Å². The van der Waals surface area contributed by atoms with Gasteiger partial charge in [-0.25, -0.2) is 4.99 Å². The summed E-state index contributed by atoms with van der Waals surface area (Å²) >= 11 is 0. The second-order valence-corrected chi connectivity index (χ2v) is 2.24. The van der Waals surface area contributed by atoms with Crippen LogP contribution >= 0.6 is 0 Å². The van der Waals surface area contributed by atoms with Crippen molar-refractivity contribution in [2.45, 2.75) is 19.5 Å². The van der Waals surface area contributed by atoms with Crippen LogP contribution in [-0.4, -0.2) is 25.2 Å². The predicted octanol–water partition coefficient (Wildman–Crippen LogP) is 0.863. The molecular formula is C6H12F3N3. The van der Waals surface area contributed by atoms with E-state index in [2.05, 4.69) is 10.3 Å². The molecule has 0 bridgehead atoms. The molecule has 0 amide bonds. The van der Waals surface area contributed by atoms with Gasteiger partial charge in [0.15, 0.2) is 5.96 Å². The molecule has 0 heterocycles. The standard InChI is InChI=1S/C6H12F3N3/c1-2-3-11-5(10)12-4-6(7,8)9/h2-4H2,1H3,(H3,10,11,12). The van der Waals surface area contributed by atoms with Gasteiger partial charge < -0.3 is 11.1 Å². The largest absolute Gasteiger partial charge is 0.408 e. The number of guanidine groups is 1. The van der Waals surface area contributed by atoms with Crippen LogP contribution in [0.4, 0.5) is 13.2 Å². The summed E-state index contributed by atoms with van der Waals surface area (Å²) in [5.74, 6) is -0.158.